The van der Waals surface area contributed by atoms with Gasteiger partial charge in [-0.05, 0) is 6.92 Å². The Labute approximate surface area is 126 Å². The van der Waals surface area contributed by atoms with Gasteiger partial charge >= 0.3 is 5.69 Å². The molecular formula is C12H19N3O5S. The molecule has 0 spiro atoms. The highest BCUT2D eigenvalue weighted by molar-refractivity contribution is 7.16. The van der Waals surface area contributed by atoms with Crippen molar-refractivity contribution in [3.05, 3.63) is 21.1 Å². The summed E-state index contributed by atoms with van der Waals surface area (Å²) in [5.41, 5.74) is -0.108. The van der Waals surface area contributed by atoms with Crippen molar-refractivity contribution in [2.75, 3.05) is 38.8 Å². The number of amides is 1. The minimum atomic E-state index is -0.786. The van der Waals surface area contributed by atoms with Crippen LogP contribution in [-0.2, 0) is 9.53 Å². The first-order valence-corrected chi connectivity index (χ1v) is 7.11. The van der Waals surface area contributed by atoms with Crippen molar-refractivity contribution in [2.45, 2.75) is 13.0 Å². The van der Waals surface area contributed by atoms with Crippen molar-refractivity contribution in [1.82, 2.24) is 5.32 Å². The number of carbonyl (C=O) groups is 1. The van der Waals surface area contributed by atoms with Crippen LogP contribution in [0.1, 0.15) is 17.9 Å². The Balaban J connectivity index is 2.79. The summed E-state index contributed by atoms with van der Waals surface area (Å²) in [5, 5.41) is 23.6. The number of likely N-dealkylation sites (N-methyl/N-ethyl adjacent to an activating group) is 1. The molecule has 1 heterocycles. The van der Waals surface area contributed by atoms with E-state index in [0.717, 1.165) is 11.3 Å². The average Bonchev–Trinajstić information content (AvgIpc) is 2.84. The van der Waals surface area contributed by atoms with Crippen LogP contribution in [0.4, 0.5) is 10.7 Å². The summed E-state index contributed by atoms with van der Waals surface area (Å²) in [6.07, 6.45) is -0.786. The molecule has 0 aliphatic rings. The van der Waals surface area contributed by atoms with Crippen LogP contribution >= 0.6 is 11.3 Å². The number of methoxy groups -OCH3 is 1. The maximum absolute atomic E-state index is 11.7. The molecule has 0 bridgehead atoms. The smallest absolute Gasteiger partial charge is 0.304 e. The molecule has 21 heavy (non-hydrogen) atoms. The quantitative estimate of drug-likeness (QED) is 0.419. The molecule has 1 rings (SSSR count). The van der Waals surface area contributed by atoms with E-state index in [0.29, 0.717) is 23.0 Å². The molecule has 9 heteroatoms. The molecule has 1 atom stereocenters. The van der Waals surface area contributed by atoms with Gasteiger partial charge in [0.2, 0.25) is 5.91 Å². The van der Waals surface area contributed by atoms with Gasteiger partial charge in [0.05, 0.1) is 24.2 Å². The number of rotatable bonds is 8. The second kappa shape index (κ2) is 7.91. The summed E-state index contributed by atoms with van der Waals surface area (Å²) in [6, 6.07) is 1.34. The Morgan fingerprint density at radius 3 is 2.86 bits per heavy atom. The maximum atomic E-state index is 11.7. The molecule has 118 valence electrons. The Bertz CT molecular complexity index is 503. The average molecular weight is 317 g/mol. The van der Waals surface area contributed by atoms with Gasteiger partial charge in [0.1, 0.15) is 0 Å². The predicted octanol–water partition coefficient (Wildman–Crippen LogP) is 0.908. The fourth-order valence-electron chi connectivity index (χ4n) is 1.64. The molecule has 0 fully saturated rings. The second-order valence-electron chi connectivity index (χ2n) is 4.47. The topological polar surface area (TPSA) is 105 Å². The Morgan fingerprint density at radius 1 is 1.67 bits per heavy atom. The van der Waals surface area contributed by atoms with Crippen LogP contribution in [0.15, 0.2) is 6.07 Å². The number of carbonyl (C=O) groups excluding carboxylic acids is 1. The number of thiophene rings is 1. The van der Waals surface area contributed by atoms with Gasteiger partial charge in [-0.2, -0.15) is 0 Å². The first-order valence-electron chi connectivity index (χ1n) is 6.29. The fraction of sp³-hybridized carbons (Fsp3) is 0.583. The number of hydrogen-bond donors (Lipinski definition) is 2. The van der Waals surface area contributed by atoms with Crippen molar-refractivity contribution < 1.29 is 19.6 Å². The van der Waals surface area contributed by atoms with E-state index < -0.39 is 11.0 Å². The number of nitrogens with one attached hydrogen (secondary N) is 1. The minimum absolute atomic E-state index is 0.00961. The first-order chi connectivity index (χ1) is 9.86. The lowest BCUT2D eigenvalue weighted by atomic mass is 10.3. The number of aliphatic hydroxyl groups is 1. The Kier molecular flexibility index (Phi) is 6.53. The third kappa shape index (κ3) is 4.96. The van der Waals surface area contributed by atoms with Crippen LogP contribution in [0.5, 0.6) is 0 Å². The Hall–Kier alpha value is -1.71. The van der Waals surface area contributed by atoms with E-state index in [1.54, 1.807) is 7.05 Å². The third-order valence-electron chi connectivity index (χ3n) is 2.68. The van der Waals surface area contributed by atoms with Crippen molar-refractivity contribution in [3.8, 4) is 0 Å². The van der Waals surface area contributed by atoms with E-state index >= 15 is 0 Å². The standard InChI is InChI=1S/C12H19N3O5S/c1-8(16)10-6-9(15(18)19)12(21-10)14(2)7-11(17)13-4-5-20-3/h6,8,16H,4-5,7H2,1-3H3,(H,13,17). The number of hydrogen-bond acceptors (Lipinski definition) is 7. The molecule has 1 unspecified atom stereocenters. The lowest BCUT2D eigenvalue weighted by Gasteiger charge is -2.16. The highest BCUT2D eigenvalue weighted by Gasteiger charge is 2.24. The van der Waals surface area contributed by atoms with Crippen molar-refractivity contribution >= 4 is 27.9 Å². The molecule has 0 radical (unpaired) electrons. The van der Waals surface area contributed by atoms with E-state index in [1.165, 1.54) is 25.0 Å². The van der Waals surface area contributed by atoms with Crippen molar-refractivity contribution in [1.29, 1.82) is 0 Å². The van der Waals surface area contributed by atoms with E-state index in [9.17, 15) is 20.0 Å². The molecule has 1 aromatic heterocycles. The van der Waals surface area contributed by atoms with Gasteiger partial charge in [0.25, 0.3) is 0 Å². The minimum Gasteiger partial charge on any atom is -0.388 e. The molecule has 0 saturated heterocycles. The van der Waals surface area contributed by atoms with Gasteiger partial charge in [-0.1, -0.05) is 0 Å². The molecule has 0 saturated carbocycles. The fourth-order valence-corrected chi connectivity index (χ4v) is 2.66. The highest BCUT2D eigenvalue weighted by Crippen LogP contribution is 2.39. The largest absolute Gasteiger partial charge is 0.388 e. The van der Waals surface area contributed by atoms with Gasteiger partial charge in [-0.3, -0.25) is 14.9 Å². The molecule has 0 aliphatic carbocycles. The maximum Gasteiger partial charge on any atom is 0.304 e. The van der Waals surface area contributed by atoms with Gasteiger partial charge in [0, 0.05) is 31.6 Å². The molecule has 1 amide bonds. The second-order valence-corrected chi connectivity index (χ2v) is 5.53. The molecule has 0 aromatic carbocycles. The molecule has 8 nitrogen and oxygen atoms in total. The molecular weight excluding hydrogens is 298 g/mol. The third-order valence-corrected chi connectivity index (χ3v) is 4.09. The van der Waals surface area contributed by atoms with Gasteiger partial charge in [-0.25, -0.2) is 0 Å². The van der Waals surface area contributed by atoms with Crippen LogP contribution < -0.4 is 10.2 Å². The van der Waals surface area contributed by atoms with Gasteiger partial charge < -0.3 is 20.1 Å². The lowest BCUT2D eigenvalue weighted by Crippen LogP contribution is -2.36. The monoisotopic (exact) mass is 317 g/mol. The summed E-state index contributed by atoms with van der Waals surface area (Å²) in [7, 11) is 3.13. The number of nitro groups is 1. The molecule has 1 aromatic rings. The molecule has 2 N–H and O–H groups in total. The van der Waals surface area contributed by atoms with Crippen LogP contribution in [0.25, 0.3) is 0 Å². The van der Waals surface area contributed by atoms with Crippen LogP contribution in [0.3, 0.4) is 0 Å². The van der Waals surface area contributed by atoms with E-state index in [-0.39, 0.29) is 18.1 Å². The van der Waals surface area contributed by atoms with Crippen LogP contribution in [0, 0.1) is 10.1 Å². The zero-order chi connectivity index (χ0) is 16.0. The first kappa shape index (κ1) is 17.3. The SMILES string of the molecule is COCCNC(=O)CN(C)c1sc(C(C)O)cc1[N+](=O)[O-]. The van der Waals surface area contributed by atoms with E-state index in [1.807, 2.05) is 0 Å². The van der Waals surface area contributed by atoms with Crippen LogP contribution in [0.2, 0.25) is 0 Å². The summed E-state index contributed by atoms with van der Waals surface area (Å²) < 4.78 is 4.82. The molecule has 0 aliphatic heterocycles. The number of ether oxygens (including phenoxy) is 1. The zero-order valence-electron chi connectivity index (χ0n) is 12.2. The van der Waals surface area contributed by atoms with Gasteiger partial charge in [0.15, 0.2) is 5.00 Å². The van der Waals surface area contributed by atoms with E-state index in [4.69, 9.17) is 4.74 Å². The van der Waals surface area contributed by atoms with E-state index in [2.05, 4.69) is 5.32 Å². The number of nitrogens with zero attached hydrogens (tertiary/aromatic N) is 2. The Morgan fingerprint density at radius 2 is 2.33 bits per heavy atom. The van der Waals surface area contributed by atoms with Crippen molar-refractivity contribution in [3.63, 3.8) is 0 Å². The summed E-state index contributed by atoms with van der Waals surface area (Å²) in [5.74, 6) is -0.254. The number of aliphatic hydroxyl groups excluding tert-OH is 1. The highest BCUT2D eigenvalue weighted by atomic mass is 32.1. The number of anilines is 1. The summed E-state index contributed by atoms with van der Waals surface area (Å²) in [6.45, 7) is 2.32. The zero-order valence-corrected chi connectivity index (χ0v) is 13.0. The normalized spacial score (nSPS) is 12.0. The summed E-state index contributed by atoms with van der Waals surface area (Å²) >= 11 is 1.10. The summed E-state index contributed by atoms with van der Waals surface area (Å²) in [4.78, 5) is 24.2. The van der Waals surface area contributed by atoms with Crippen LogP contribution in [-0.4, -0.2) is 49.8 Å². The lowest BCUT2D eigenvalue weighted by molar-refractivity contribution is -0.383. The predicted molar refractivity (Wildman–Crippen MR) is 79.8 cm³/mol. The van der Waals surface area contributed by atoms with Crippen molar-refractivity contribution in [2.24, 2.45) is 0 Å². The van der Waals surface area contributed by atoms with Gasteiger partial charge in [-0.15, -0.1) is 11.3 Å².